The predicted octanol–water partition coefficient (Wildman–Crippen LogP) is 3.77. The molecule has 3 heterocycles. The second-order valence-corrected chi connectivity index (χ2v) is 10.6. The van der Waals surface area contributed by atoms with E-state index >= 15 is 0 Å². The largest absolute Gasteiger partial charge is 0.368 e. The average Bonchev–Trinajstić information content (AvgIpc) is 3.56. The van der Waals surface area contributed by atoms with Crippen molar-refractivity contribution in [1.82, 2.24) is 24.9 Å². The Kier molecular flexibility index (Phi) is 4.86. The molecule has 5 atom stereocenters. The van der Waals surface area contributed by atoms with Gasteiger partial charge in [-0.3, -0.25) is 4.68 Å². The van der Waals surface area contributed by atoms with Crippen molar-refractivity contribution in [2.24, 2.45) is 42.6 Å². The number of aryl methyl sites for hydroxylation is 2. The molecule has 0 spiro atoms. The fourth-order valence-electron chi connectivity index (χ4n) is 6.99. The van der Waals surface area contributed by atoms with Gasteiger partial charge in [0.15, 0.2) is 0 Å². The zero-order valence-electron chi connectivity index (χ0n) is 18.7. The number of nitrogens with one attached hydrogen (secondary N) is 1. The summed E-state index contributed by atoms with van der Waals surface area (Å²) in [5, 5.41) is 16.7. The molecule has 1 aliphatic heterocycles. The maximum absolute atomic E-state index is 4.44. The summed E-state index contributed by atoms with van der Waals surface area (Å²) in [6.45, 7) is 7.08. The molecule has 6 heteroatoms. The van der Waals surface area contributed by atoms with Crippen LogP contribution in [0.2, 0.25) is 0 Å². The van der Waals surface area contributed by atoms with E-state index in [0.717, 1.165) is 64.8 Å². The van der Waals surface area contributed by atoms with Gasteiger partial charge in [0.25, 0.3) is 0 Å². The lowest BCUT2D eigenvalue weighted by Crippen LogP contribution is -2.30. The van der Waals surface area contributed by atoms with Crippen LogP contribution in [0.15, 0.2) is 30.5 Å². The lowest BCUT2D eigenvalue weighted by molar-refractivity contribution is 0.234. The topological polar surface area (TPSA) is 58.9 Å². The highest BCUT2D eigenvalue weighted by Crippen LogP contribution is 2.46. The molecule has 164 valence electrons. The van der Waals surface area contributed by atoms with Gasteiger partial charge < -0.3 is 10.2 Å². The molecule has 2 aromatic heterocycles. The van der Waals surface area contributed by atoms with Crippen LogP contribution in [-0.2, 0) is 7.05 Å². The zero-order chi connectivity index (χ0) is 20.9. The van der Waals surface area contributed by atoms with E-state index in [2.05, 4.69) is 50.7 Å². The van der Waals surface area contributed by atoms with Gasteiger partial charge in [0.05, 0.1) is 11.9 Å². The van der Waals surface area contributed by atoms with Gasteiger partial charge in [-0.25, -0.2) is 0 Å². The molecule has 2 aromatic rings. The summed E-state index contributed by atoms with van der Waals surface area (Å²) < 4.78 is 1.86. The summed E-state index contributed by atoms with van der Waals surface area (Å²) >= 11 is 0. The number of hydrogen-bond acceptors (Lipinski definition) is 5. The number of aromatic nitrogens is 4. The molecule has 1 N–H and O–H groups in total. The number of allylic oxidation sites excluding steroid dienone is 2. The molecule has 2 saturated carbocycles. The maximum Gasteiger partial charge on any atom is 0.148 e. The minimum atomic E-state index is 0.767. The van der Waals surface area contributed by atoms with Crippen molar-refractivity contribution in [3.63, 3.8) is 0 Å². The number of likely N-dealkylation sites (tertiary alicyclic amines) is 1. The number of anilines is 1. The second kappa shape index (κ2) is 7.73. The molecule has 0 amide bonds. The summed E-state index contributed by atoms with van der Waals surface area (Å²) in [4.78, 5) is 2.79. The number of fused-ring (bicyclic) bond motifs is 3. The minimum Gasteiger partial charge on any atom is -0.368 e. The van der Waals surface area contributed by atoms with E-state index < -0.39 is 0 Å². The summed E-state index contributed by atoms with van der Waals surface area (Å²) in [6.07, 6.45) is 12.5. The fraction of sp³-hybridized carbons (Fsp3) is 0.640. The molecule has 0 radical (unpaired) electrons. The first-order valence-electron chi connectivity index (χ1n) is 12.1. The first-order valence-corrected chi connectivity index (χ1v) is 12.1. The molecule has 5 unspecified atom stereocenters. The number of rotatable bonds is 6. The lowest BCUT2D eigenvalue weighted by Gasteiger charge is -2.26. The van der Waals surface area contributed by atoms with Crippen molar-refractivity contribution in [1.29, 1.82) is 0 Å². The van der Waals surface area contributed by atoms with Gasteiger partial charge in [0.2, 0.25) is 0 Å². The van der Waals surface area contributed by atoms with E-state index in [4.69, 9.17) is 0 Å². The standard InChI is InChI=1S/C25H34N6/c1-16-11-27-30(2)25(16)23-5-6-24(29-28-23)26-12-18-9-21-14-31(15-22(21)10-18)13-20-8-17-3-4-19(20)7-17/h3-6,11,17-22H,7-10,12-15H2,1-2H3,(H,26,29). The molecule has 3 aliphatic carbocycles. The van der Waals surface area contributed by atoms with Crippen molar-refractivity contribution in [2.45, 2.75) is 32.6 Å². The molecular weight excluding hydrogens is 384 g/mol. The van der Waals surface area contributed by atoms with E-state index in [0.29, 0.717) is 0 Å². The molecule has 2 bridgehead atoms. The van der Waals surface area contributed by atoms with Crippen LogP contribution in [0.3, 0.4) is 0 Å². The van der Waals surface area contributed by atoms with E-state index in [1.165, 1.54) is 45.3 Å². The summed E-state index contributed by atoms with van der Waals surface area (Å²) in [6, 6.07) is 4.10. The summed E-state index contributed by atoms with van der Waals surface area (Å²) in [5.74, 6) is 6.18. The average molecular weight is 419 g/mol. The van der Waals surface area contributed by atoms with Gasteiger partial charge in [-0.2, -0.15) is 5.10 Å². The molecular formula is C25H34N6. The molecule has 6 nitrogen and oxygen atoms in total. The Labute approximate surface area is 185 Å². The van der Waals surface area contributed by atoms with Crippen molar-refractivity contribution in [3.8, 4) is 11.4 Å². The smallest absolute Gasteiger partial charge is 0.148 e. The molecule has 6 rings (SSSR count). The molecule has 31 heavy (non-hydrogen) atoms. The molecule has 4 aliphatic rings. The highest BCUT2D eigenvalue weighted by Gasteiger charge is 2.43. The van der Waals surface area contributed by atoms with Crippen LogP contribution in [0.4, 0.5) is 5.82 Å². The first kappa shape index (κ1) is 19.5. The number of nitrogens with zero attached hydrogens (tertiary/aromatic N) is 5. The molecule has 0 aromatic carbocycles. The second-order valence-electron chi connectivity index (χ2n) is 10.6. The Morgan fingerprint density at radius 2 is 1.87 bits per heavy atom. The van der Waals surface area contributed by atoms with Crippen molar-refractivity contribution in [3.05, 3.63) is 36.0 Å². The van der Waals surface area contributed by atoms with Crippen molar-refractivity contribution >= 4 is 5.82 Å². The van der Waals surface area contributed by atoms with Gasteiger partial charge in [0, 0.05) is 33.2 Å². The van der Waals surface area contributed by atoms with Gasteiger partial charge in [0.1, 0.15) is 11.5 Å². The van der Waals surface area contributed by atoms with Crippen LogP contribution >= 0.6 is 0 Å². The third-order valence-corrected chi connectivity index (χ3v) is 8.43. The van der Waals surface area contributed by atoms with Crippen LogP contribution in [0, 0.1) is 42.4 Å². The van der Waals surface area contributed by atoms with E-state index in [9.17, 15) is 0 Å². The van der Waals surface area contributed by atoms with Gasteiger partial charge >= 0.3 is 0 Å². The van der Waals surface area contributed by atoms with Gasteiger partial charge in [-0.15, -0.1) is 10.2 Å². The zero-order valence-corrected chi connectivity index (χ0v) is 18.7. The van der Waals surface area contributed by atoms with Crippen LogP contribution < -0.4 is 5.32 Å². The van der Waals surface area contributed by atoms with Crippen LogP contribution in [0.1, 0.15) is 31.2 Å². The highest BCUT2D eigenvalue weighted by atomic mass is 15.3. The SMILES string of the molecule is Cc1cnn(C)c1-c1ccc(NCC2CC3CN(CC4CC5C=CC4C5)CC3C2)nn1. The first-order chi connectivity index (χ1) is 15.1. The van der Waals surface area contributed by atoms with Crippen molar-refractivity contribution < 1.29 is 0 Å². The fourth-order valence-corrected chi connectivity index (χ4v) is 6.99. The third-order valence-electron chi connectivity index (χ3n) is 8.43. The number of hydrogen-bond donors (Lipinski definition) is 1. The minimum absolute atomic E-state index is 0.767. The Morgan fingerprint density at radius 1 is 1.03 bits per heavy atom. The highest BCUT2D eigenvalue weighted by molar-refractivity contribution is 5.59. The Morgan fingerprint density at radius 3 is 2.48 bits per heavy atom. The summed E-state index contributed by atoms with van der Waals surface area (Å²) in [7, 11) is 1.95. The van der Waals surface area contributed by atoms with E-state index in [1.54, 1.807) is 0 Å². The molecule has 1 saturated heterocycles. The van der Waals surface area contributed by atoms with E-state index in [-0.39, 0.29) is 0 Å². The Balaban J connectivity index is 0.984. The lowest BCUT2D eigenvalue weighted by atomic mass is 9.93. The van der Waals surface area contributed by atoms with Gasteiger partial charge in [-0.05, 0) is 85.8 Å². The van der Waals surface area contributed by atoms with Crippen molar-refractivity contribution in [2.75, 3.05) is 31.5 Å². The maximum atomic E-state index is 4.44. The Hall–Kier alpha value is -2.21. The van der Waals surface area contributed by atoms with Gasteiger partial charge in [-0.1, -0.05) is 12.2 Å². The van der Waals surface area contributed by atoms with Crippen LogP contribution in [0.25, 0.3) is 11.4 Å². The van der Waals surface area contributed by atoms with Crippen LogP contribution in [0.5, 0.6) is 0 Å². The van der Waals surface area contributed by atoms with Crippen LogP contribution in [-0.4, -0.2) is 51.1 Å². The monoisotopic (exact) mass is 418 g/mol. The summed E-state index contributed by atoms with van der Waals surface area (Å²) in [5.41, 5.74) is 3.04. The third kappa shape index (κ3) is 3.69. The predicted molar refractivity (Wildman–Crippen MR) is 122 cm³/mol. The Bertz CT molecular complexity index is 929. The normalized spacial score (nSPS) is 34.0. The van der Waals surface area contributed by atoms with E-state index in [1.807, 2.05) is 24.0 Å². The molecule has 3 fully saturated rings. The quantitative estimate of drug-likeness (QED) is 0.724.